The molecule has 0 amide bonds. The van der Waals surface area contributed by atoms with E-state index in [4.69, 9.17) is 23.2 Å². The van der Waals surface area contributed by atoms with Gasteiger partial charge in [-0.05, 0) is 59.6 Å². The molecule has 0 spiro atoms. The third-order valence-corrected chi connectivity index (χ3v) is 6.60. The molecular formula is C27H15Cl2N5. The highest BCUT2D eigenvalue weighted by Gasteiger charge is 2.17. The van der Waals surface area contributed by atoms with Crippen LogP contribution in [-0.4, -0.2) is 24.1 Å². The van der Waals surface area contributed by atoms with Crippen LogP contribution in [-0.2, 0) is 0 Å². The van der Waals surface area contributed by atoms with Gasteiger partial charge in [-0.2, -0.15) is 15.0 Å². The van der Waals surface area contributed by atoms with Gasteiger partial charge in [-0.15, -0.1) is 0 Å². The maximum Gasteiger partial charge on any atom is 0.240 e. The Bertz CT molecular complexity index is 1830. The molecular weight excluding hydrogens is 465 g/mol. The van der Waals surface area contributed by atoms with Crippen molar-refractivity contribution in [3.63, 3.8) is 0 Å². The lowest BCUT2D eigenvalue weighted by atomic mass is 10.1. The lowest BCUT2D eigenvalue weighted by Crippen LogP contribution is -2.03. The standard InChI is InChI=1S/C27H15Cl2N5/c28-25-30-26(29)32-27(31-25)34-23-12-6-3-9-19(23)20-15-16(13-14-24(20)34)33-21-10-4-1-7-17(21)18-8-2-5-11-22(18)33/h1-15H. The molecule has 3 heterocycles. The van der Waals surface area contributed by atoms with Crippen LogP contribution >= 0.6 is 23.2 Å². The monoisotopic (exact) mass is 479 g/mol. The summed E-state index contributed by atoms with van der Waals surface area (Å²) in [5.74, 6) is 0.390. The Morgan fingerprint density at radius 3 is 1.53 bits per heavy atom. The summed E-state index contributed by atoms with van der Waals surface area (Å²) < 4.78 is 4.28. The number of aromatic nitrogens is 5. The number of rotatable bonds is 2. The van der Waals surface area contributed by atoms with Crippen LogP contribution in [0.4, 0.5) is 0 Å². The summed E-state index contributed by atoms with van der Waals surface area (Å²) in [4.78, 5) is 12.6. The average Bonchev–Trinajstić information content (AvgIpc) is 3.36. The number of nitrogens with zero attached hydrogens (tertiary/aromatic N) is 5. The van der Waals surface area contributed by atoms with Gasteiger partial charge in [-0.3, -0.25) is 4.57 Å². The summed E-state index contributed by atoms with van der Waals surface area (Å²) in [5, 5.41) is 4.76. The van der Waals surface area contributed by atoms with Crippen molar-refractivity contribution in [3.8, 4) is 11.6 Å². The van der Waals surface area contributed by atoms with Gasteiger partial charge in [0.05, 0.1) is 22.1 Å². The quantitative estimate of drug-likeness (QED) is 0.260. The fraction of sp³-hybridized carbons (Fsp3) is 0. The molecule has 0 saturated heterocycles. The van der Waals surface area contributed by atoms with E-state index in [1.54, 1.807) is 0 Å². The van der Waals surface area contributed by atoms with E-state index in [-0.39, 0.29) is 10.6 Å². The minimum Gasteiger partial charge on any atom is -0.309 e. The van der Waals surface area contributed by atoms with Gasteiger partial charge in [0.2, 0.25) is 16.5 Å². The Labute approximate surface area is 203 Å². The topological polar surface area (TPSA) is 48.5 Å². The van der Waals surface area contributed by atoms with E-state index in [9.17, 15) is 0 Å². The van der Waals surface area contributed by atoms with Gasteiger partial charge in [0.15, 0.2) is 0 Å². The van der Waals surface area contributed by atoms with Crippen LogP contribution in [0.1, 0.15) is 0 Å². The molecule has 0 radical (unpaired) electrons. The first-order valence-corrected chi connectivity index (χ1v) is 11.5. The summed E-state index contributed by atoms with van der Waals surface area (Å²) in [6.45, 7) is 0. The molecule has 5 nitrogen and oxygen atoms in total. The van der Waals surface area contributed by atoms with Gasteiger partial charge in [0.1, 0.15) is 0 Å². The van der Waals surface area contributed by atoms with Crippen LogP contribution in [0.25, 0.3) is 55.2 Å². The van der Waals surface area contributed by atoms with Crippen LogP contribution in [0.2, 0.25) is 10.6 Å². The average molecular weight is 480 g/mol. The molecule has 0 aliphatic rings. The Kier molecular flexibility index (Phi) is 4.19. The van der Waals surface area contributed by atoms with Crippen LogP contribution in [0, 0.1) is 0 Å². The van der Waals surface area contributed by atoms with E-state index in [1.807, 2.05) is 22.8 Å². The summed E-state index contributed by atoms with van der Waals surface area (Å²) >= 11 is 12.2. The minimum atomic E-state index is 0.0582. The molecule has 0 aliphatic carbocycles. The Morgan fingerprint density at radius 1 is 0.471 bits per heavy atom. The molecule has 0 unspecified atom stereocenters. The first-order chi connectivity index (χ1) is 16.7. The lowest BCUT2D eigenvalue weighted by Gasteiger charge is -2.09. The largest absolute Gasteiger partial charge is 0.309 e. The SMILES string of the molecule is Clc1nc(Cl)nc(-n2c3ccccc3c3cc(-n4c5ccccc5c5ccccc54)ccc32)n1. The third-order valence-electron chi connectivity index (χ3n) is 6.26. The second-order valence-corrected chi connectivity index (χ2v) is 8.77. The fourth-order valence-electron chi connectivity index (χ4n) is 4.93. The first-order valence-electron chi connectivity index (χ1n) is 10.8. The van der Waals surface area contributed by atoms with Crippen molar-refractivity contribution < 1.29 is 0 Å². The van der Waals surface area contributed by atoms with E-state index in [2.05, 4.69) is 92.3 Å². The minimum absolute atomic E-state index is 0.0582. The van der Waals surface area contributed by atoms with Gasteiger partial charge in [0, 0.05) is 27.2 Å². The zero-order valence-corrected chi connectivity index (χ0v) is 19.2. The number of fused-ring (bicyclic) bond motifs is 6. The van der Waals surface area contributed by atoms with Gasteiger partial charge >= 0.3 is 0 Å². The number of benzene rings is 4. The van der Waals surface area contributed by atoms with Gasteiger partial charge in [-0.1, -0.05) is 54.6 Å². The van der Waals surface area contributed by atoms with E-state index in [0.29, 0.717) is 5.95 Å². The second-order valence-electron chi connectivity index (χ2n) is 8.10. The summed E-state index contributed by atoms with van der Waals surface area (Å²) in [6.07, 6.45) is 0. The molecule has 0 N–H and O–H groups in total. The van der Waals surface area contributed by atoms with Crippen molar-refractivity contribution in [2.24, 2.45) is 0 Å². The van der Waals surface area contributed by atoms with Gasteiger partial charge < -0.3 is 4.57 Å². The third kappa shape index (κ3) is 2.78. The molecule has 0 bridgehead atoms. The fourth-order valence-corrected chi connectivity index (χ4v) is 5.29. The first kappa shape index (κ1) is 19.5. The van der Waals surface area contributed by atoms with Crippen molar-refractivity contribution in [3.05, 3.63) is 102 Å². The predicted octanol–water partition coefficient (Wildman–Crippen LogP) is 7.37. The summed E-state index contributed by atoms with van der Waals surface area (Å²) in [7, 11) is 0. The predicted molar refractivity (Wildman–Crippen MR) is 139 cm³/mol. The molecule has 3 aromatic heterocycles. The molecule has 162 valence electrons. The van der Waals surface area contributed by atoms with Crippen LogP contribution in [0.3, 0.4) is 0 Å². The van der Waals surface area contributed by atoms with Crippen LogP contribution in [0.15, 0.2) is 91.0 Å². The number of hydrogen-bond acceptors (Lipinski definition) is 3. The van der Waals surface area contributed by atoms with Crippen molar-refractivity contribution in [1.29, 1.82) is 0 Å². The smallest absolute Gasteiger partial charge is 0.240 e. The Hall–Kier alpha value is -3.93. The summed E-state index contributed by atoms with van der Waals surface area (Å²) in [6, 6.07) is 31.6. The number of halogens is 2. The van der Waals surface area contributed by atoms with Crippen molar-refractivity contribution in [1.82, 2.24) is 24.1 Å². The Balaban J connectivity index is 1.58. The number of hydrogen-bond donors (Lipinski definition) is 0. The Morgan fingerprint density at radius 2 is 0.941 bits per heavy atom. The van der Waals surface area contributed by atoms with Gasteiger partial charge in [-0.25, -0.2) is 0 Å². The van der Waals surface area contributed by atoms with E-state index < -0.39 is 0 Å². The zero-order chi connectivity index (χ0) is 22.8. The summed E-state index contributed by atoms with van der Waals surface area (Å²) in [5.41, 5.74) is 5.35. The molecule has 7 rings (SSSR count). The van der Waals surface area contributed by atoms with Crippen molar-refractivity contribution in [2.45, 2.75) is 0 Å². The highest BCUT2D eigenvalue weighted by atomic mass is 35.5. The maximum atomic E-state index is 6.11. The molecule has 7 heteroatoms. The van der Waals surface area contributed by atoms with Gasteiger partial charge in [0.25, 0.3) is 0 Å². The van der Waals surface area contributed by atoms with Crippen molar-refractivity contribution in [2.75, 3.05) is 0 Å². The normalized spacial score (nSPS) is 11.8. The van der Waals surface area contributed by atoms with Crippen molar-refractivity contribution >= 4 is 66.8 Å². The number of para-hydroxylation sites is 3. The molecule has 34 heavy (non-hydrogen) atoms. The zero-order valence-electron chi connectivity index (χ0n) is 17.7. The molecule has 7 aromatic rings. The molecule has 4 aromatic carbocycles. The second kappa shape index (κ2) is 7.29. The lowest BCUT2D eigenvalue weighted by molar-refractivity contribution is 0.941. The molecule has 0 atom stereocenters. The maximum absolute atomic E-state index is 6.11. The molecule has 0 aliphatic heterocycles. The van der Waals surface area contributed by atoms with Crippen LogP contribution in [0.5, 0.6) is 0 Å². The highest BCUT2D eigenvalue weighted by Crippen LogP contribution is 2.36. The molecule has 0 fully saturated rings. The van der Waals surface area contributed by atoms with E-state index >= 15 is 0 Å². The van der Waals surface area contributed by atoms with E-state index in [1.165, 1.54) is 21.8 Å². The van der Waals surface area contributed by atoms with E-state index in [0.717, 1.165) is 27.5 Å². The highest BCUT2D eigenvalue weighted by molar-refractivity contribution is 6.31. The van der Waals surface area contributed by atoms with Crippen LogP contribution < -0.4 is 0 Å². The molecule has 0 saturated carbocycles.